The van der Waals surface area contributed by atoms with Gasteiger partial charge < -0.3 is 19.7 Å². The summed E-state index contributed by atoms with van der Waals surface area (Å²) in [4.78, 5) is 27.2. The molecule has 8 heteroatoms. The van der Waals surface area contributed by atoms with Gasteiger partial charge in [0.05, 0.1) is 13.7 Å². The minimum atomic E-state index is -0.739. The van der Waals surface area contributed by atoms with Gasteiger partial charge in [0.25, 0.3) is 5.91 Å². The second-order valence-electron chi connectivity index (χ2n) is 6.49. The standard InChI is InChI=1S/C22H22IN3O4/c1-3-30-22(28)19(24)18-12-13-26(16-8-4-14(23)5-9-16)21(27)20(18)25-15-6-10-17(29-2)11-7-15/h4-11,24-25H,3,12-13H2,1-2H3. The van der Waals surface area contributed by atoms with Crippen LogP contribution in [0.5, 0.6) is 5.75 Å². The molecule has 1 amide bonds. The topological polar surface area (TPSA) is 91.7 Å². The SMILES string of the molecule is CCOC(=O)C(=N)C1=C(Nc2ccc(OC)cc2)C(=O)N(c2ccc(I)cc2)CC1. The van der Waals surface area contributed by atoms with E-state index in [9.17, 15) is 9.59 Å². The molecule has 0 saturated heterocycles. The van der Waals surface area contributed by atoms with Crippen molar-refractivity contribution in [1.29, 1.82) is 5.41 Å². The van der Waals surface area contributed by atoms with Crippen LogP contribution in [-0.2, 0) is 14.3 Å². The van der Waals surface area contributed by atoms with Gasteiger partial charge in [-0.1, -0.05) is 0 Å². The second-order valence-corrected chi connectivity index (χ2v) is 7.73. The maximum absolute atomic E-state index is 13.4. The zero-order valence-electron chi connectivity index (χ0n) is 16.7. The number of nitrogens with zero attached hydrogens (tertiary/aromatic N) is 1. The Morgan fingerprint density at radius 2 is 1.83 bits per heavy atom. The quantitative estimate of drug-likeness (QED) is 0.328. The minimum Gasteiger partial charge on any atom is -0.497 e. The van der Waals surface area contributed by atoms with E-state index in [2.05, 4.69) is 27.9 Å². The molecule has 1 aliphatic rings. The Morgan fingerprint density at radius 3 is 2.43 bits per heavy atom. The van der Waals surface area contributed by atoms with Crippen molar-refractivity contribution < 1.29 is 19.1 Å². The highest BCUT2D eigenvalue weighted by molar-refractivity contribution is 14.1. The molecular formula is C22H22IN3O4. The van der Waals surface area contributed by atoms with E-state index in [1.807, 2.05) is 24.3 Å². The van der Waals surface area contributed by atoms with Gasteiger partial charge in [-0.3, -0.25) is 10.2 Å². The molecule has 0 aromatic heterocycles. The molecule has 30 heavy (non-hydrogen) atoms. The summed E-state index contributed by atoms with van der Waals surface area (Å²) in [5, 5.41) is 11.4. The Bertz CT molecular complexity index is 984. The summed E-state index contributed by atoms with van der Waals surface area (Å²) in [7, 11) is 1.58. The third-order valence-electron chi connectivity index (χ3n) is 4.63. The summed E-state index contributed by atoms with van der Waals surface area (Å²) in [5.74, 6) is -0.358. The zero-order chi connectivity index (χ0) is 21.7. The van der Waals surface area contributed by atoms with Crippen LogP contribution in [0.15, 0.2) is 59.8 Å². The number of amides is 1. The summed E-state index contributed by atoms with van der Waals surface area (Å²) in [6.07, 6.45) is 0.355. The van der Waals surface area contributed by atoms with E-state index in [1.165, 1.54) is 0 Å². The Labute approximate surface area is 188 Å². The van der Waals surface area contributed by atoms with Crippen molar-refractivity contribution >= 4 is 51.6 Å². The van der Waals surface area contributed by atoms with Gasteiger partial charge in [0.1, 0.15) is 17.2 Å². The van der Waals surface area contributed by atoms with E-state index < -0.39 is 5.97 Å². The molecule has 0 atom stereocenters. The lowest BCUT2D eigenvalue weighted by Gasteiger charge is -2.31. The lowest BCUT2D eigenvalue weighted by Crippen LogP contribution is -2.41. The summed E-state index contributed by atoms with van der Waals surface area (Å²) >= 11 is 2.21. The highest BCUT2D eigenvalue weighted by Gasteiger charge is 2.32. The highest BCUT2D eigenvalue weighted by Crippen LogP contribution is 2.28. The van der Waals surface area contributed by atoms with E-state index >= 15 is 0 Å². The van der Waals surface area contributed by atoms with E-state index in [4.69, 9.17) is 14.9 Å². The number of rotatable bonds is 7. The van der Waals surface area contributed by atoms with Crippen LogP contribution >= 0.6 is 22.6 Å². The van der Waals surface area contributed by atoms with Crippen LogP contribution in [-0.4, -0.2) is 37.8 Å². The van der Waals surface area contributed by atoms with Crippen LogP contribution < -0.4 is 15.0 Å². The first-order valence-electron chi connectivity index (χ1n) is 9.42. The molecule has 7 nitrogen and oxygen atoms in total. The molecule has 0 unspecified atom stereocenters. The number of hydrogen-bond donors (Lipinski definition) is 2. The van der Waals surface area contributed by atoms with E-state index in [-0.39, 0.29) is 23.9 Å². The first kappa shape index (κ1) is 21.8. The molecule has 0 bridgehead atoms. The fourth-order valence-electron chi connectivity index (χ4n) is 3.11. The van der Waals surface area contributed by atoms with Crippen LogP contribution in [0, 0.1) is 8.98 Å². The van der Waals surface area contributed by atoms with Gasteiger partial charge in [0.15, 0.2) is 0 Å². The first-order valence-corrected chi connectivity index (χ1v) is 10.5. The van der Waals surface area contributed by atoms with Crippen LogP contribution in [0.2, 0.25) is 0 Å². The van der Waals surface area contributed by atoms with Crippen molar-refractivity contribution in [2.75, 3.05) is 30.5 Å². The average Bonchev–Trinajstić information content (AvgIpc) is 2.76. The molecule has 3 rings (SSSR count). The highest BCUT2D eigenvalue weighted by atomic mass is 127. The summed E-state index contributed by atoms with van der Waals surface area (Å²) < 4.78 is 11.2. The summed E-state index contributed by atoms with van der Waals surface area (Å²) in [6.45, 7) is 2.21. The van der Waals surface area contributed by atoms with Crippen LogP contribution in [0.1, 0.15) is 13.3 Å². The van der Waals surface area contributed by atoms with Crippen LogP contribution in [0.3, 0.4) is 0 Å². The molecule has 0 radical (unpaired) electrons. The molecule has 156 valence electrons. The first-order chi connectivity index (χ1) is 14.4. The Kier molecular flexibility index (Phi) is 7.09. The molecule has 1 aliphatic heterocycles. The zero-order valence-corrected chi connectivity index (χ0v) is 18.9. The van der Waals surface area contributed by atoms with Crippen molar-refractivity contribution in [2.24, 2.45) is 0 Å². The van der Waals surface area contributed by atoms with Gasteiger partial charge >= 0.3 is 5.97 Å². The van der Waals surface area contributed by atoms with Crippen LogP contribution in [0.4, 0.5) is 11.4 Å². The van der Waals surface area contributed by atoms with Gasteiger partial charge in [-0.25, -0.2) is 4.79 Å². The number of halogens is 1. The van der Waals surface area contributed by atoms with Crippen molar-refractivity contribution in [1.82, 2.24) is 0 Å². The molecule has 2 N–H and O–H groups in total. The molecule has 0 aliphatic carbocycles. The molecule has 0 saturated carbocycles. The third kappa shape index (κ3) is 4.81. The number of methoxy groups -OCH3 is 1. The fourth-order valence-corrected chi connectivity index (χ4v) is 3.47. The fraction of sp³-hybridized carbons (Fsp3) is 0.227. The van der Waals surface area contributed by atoms with Gasteiger partial charge in [0, 0.05) is 27.1 Å². The molecule has 2 aromatic carbocycles. The predicted molar refractivity (Wildman–Crippen MR) is 124 cm³/mol. The number of benzene rings is 2. The van der Waals surface area contributed by atoms with Crippen molar-refractivity contribution in [2.45, 2.75) is 13.3 Å². The molecule has 0 spiro atoms. The molecular weight excluding hydrogens is 497 g/mol. The predicted octanol–water partition coefficient (Wildman–Crippen LogP) is 3.99. The number of carbonyl (C=O) groups excluding carboxylic acids is 2. The van der Waals surface area contributed by atoms with Gasteiger partial charge in [0.2, 0.25) is 0 Å². The average molecular weight is 519 g/mol. The lowest BCUT2D eigenvalue weighted by atomic mass is 9.98. The third-order valence-corrected chi connectivity index (χ3v) is 5.34. The lowest BCUT2D eigenvalue weighted by molar-refractivity contribution is -0.135. The Morgan fingerprint density at radius 1 is 1.17 bits per heavy atom. The van der Waals surface area contributed by atoms with Crippen LogP contribution in [0.25, 0.3) is 0 Å². The van der Waals surface area contributed by atoms with Crippen molar-refractivity contribution in [3.63, 3.8) is 0 Å². The number of esters is 1. The van der Waals surface area contributed by atoms with Crippen molar-refractivity contribution in [3.8, 4) is 5.75 Å². The van der Waals surface area contributed by atoms with Gasteiger partial charge in [-0.15, -0.1) is 0 Å². The summed E-state index contributed by atoms with van der Waals surface area (Å²) in [5.41, 5.74) is 1.65. The second kappa shape index (κ2) is 9.75. The maximum atomic E-state index is 13.4. The number of hydrogen-bond acceptors (Lipinski definition) is 6. The normalized spacial score (nSPS) is 13.8. The number of anilines is 2. The van der Waals surface area contributed by atoms with Gasteiger partial charge in [-0.05, 0) is 84.5 Å². The number of ether oxygens (including phenoxy) is 2. The summed E-state index contributed by atoms with van der Waals surface area (Å²) in [6, 6.07) is 14.7. The minimum absolute atomic E-state index is 0.165. The molecule has 2 aromatic rings. The smallest absolute Gasteiger partial charge is 0.356 e. The number of nitrogens with one attached hydrogen (secondary N) is 2. The largest absolute Gasteiger partial charge is 0.497 e. The monoisotopic (exact) mass is 519 g/mol. The Balaban J connectivity index is 1.98. The van der Waals surface area contributed by atoms with Gasteiger partial charge in [-0.2, -0.15) is 0 Å². The van der Waals surface area contributed by atoms with E-state index in [0.29, 0.717) is 30.0 Å². The van der Waals surface area contributed by atoms with E-state index in [0.717, 1.165) is 9.26 Å². The number of carbonyl (C=O) groups is 2. The Hall–Kier alpha value is -2.88. The van der Waals surface area contributed by atoms with E-state index in [1.54, 1.807) is 43.2 Å². The molecule has 0 fully saturated rings. The maximum Gasteiger partial charge on any atom is 0.356 e. The molecule has 1 heterocycles. The van der Waals surface area contributed by atoms with Crippen molar-refractivity contribution in [3.05, 3.63) is 63.4 Å².